The van der Waals surface area contributed by atoms with Gasteiger partial charge in [-0.1, -0.05) is 5.16 Å². The monoisotopic (exact) mass is 197 g/mol. The van der Waals surface area contributed by atoms with Gasteiger partial charge in [0.15, 0.2) is 5.82 Å². The van der Waals surface area contributed by atoms with Crippen LogP contribution in [0.25, 0.3) is 0 Å². The molecular weight excluding hydrogens is 182 g/mol. The van der Waals surface area contributed by atoms with E-state index in [1.807, 2.05) is 0 Å². The number of nitrogens with one attached hydrogen (secondary N) is 1. The first-order chi connectivity index (χ1) is 6.68. The Kier molecular flexibility index (Phi) is 2.41. The van der Waals surface area contributed by atoms with Crippen LogP contribution in [0.2, 0.25) is 0 Å². The molecule has 1 aliphatic heterocycles. The van der Waals surface area contributed by atoms with E-state index in [0.717, 1.165) is 19.4 Å². The molecule has 78 valence electrons. The molecule has 1 atom stereocenters. The van der Waals surface area contributed by atoms with Crippen molar-refractivity contribution in [3.8, 4) is 0 Å². The van der Waals surface area contributed by atoms with Gasteiger partial charge in [0.1, 0.15) is 0 Å². The Bertz CT molecular complexity index is 355. The molecule has 1 saturated heterocycles. The molecule has 1 aromatic heterocycles. The second-order valence-electron chi connectivity index (χ2n) is 3.97. The fourth-order valence-corrected chi connectivity index (χ4v) is 2.09. The molecule has 1 aromatic rings. The highest BCUT2D eigenvalue weighted by atomic mass is 16.5. The molecule has 5 nitrogen and oxygen atoms in total. The van der Waals surface area contributed by atoms with Crippen LogP contribution in [0.1, 0.15) is 38.6 Å². The van der Waals surface area contributed by atoms with Crippen LogP contribution >= 0.6 is 0 Å². The summed E-state index contributed by atoms with van der Waals surface area (Å²) < 4.78 is 4.52. The minimum Gasteiger partial charge on any atom is -0.296 e. The summed E-state index contributed by atoms with van der Waals surface area (Å²) in [5.74, 6) is 0.205. The molecule has 1 unspecified atom stereocenters. The quantitative estimate of drug-likeness (QED) is 0.765. The lowest BCUT2D eigenvalue weighted by Gasteiger charge is -2.25. The van der Waals surface area contributed by atoms with Crippen LogP contribution in [0.4, 0.5) is 0 Å². The van der Waals surface area contributed by atoms with E-state index in [1.54, 1.807) is 0 Å². The Morgan fingerprint density at radius 2 is 2.43 bits per heavy atom. The number of hydrogen-bond donors (Lipinski definition) is 1. The SMILES string of the molecule is CC(C)N1CCCC1c1noc(=O)[nH]1. The van der Waals surface area contributed by atoms with Gasteiger partial charge in [-0.25, -0.2) is 4.79 Å². The van der Waals surface area contributed by atoms with Crippen molar-refractivity contribution in [2.75, 3.05) is 6.54 Å². The standard InChI is InChI=1S/C9H15N3O2/c1-6(2)12-5-3-4-7(12)8-10-9(13)14-11-8/h6-7H,3-5H2,1-2H3,(H,10,11,13). The van der Waals surface area contributed by atoms with Crippen LogP contribution in [0.5, 0.6) is 0 Å². The van der Waals surface area contributed by atoms with Gasteiger partial charge in [0.25, 0.3) is 0 Å². The molecule has 0 amide bonds. The fourth-order valence-electron chi connectivity index (χ4n) is 2.09. The van der Waals surface area contributed by atoms with Crippen LogP contribution < -0.4 is 5.76 Å². The summed E-state index contributed by atoms with van der Waals surface area (Å²) in [6.45, 7) is 5.37. The number of aromatic amines is 1. The fraction of sp³-hybridized carbons (Fsp3) is 0.778. The maximum Gasteiger partial charge on any atom is 0.438 e. The van der Waals surface area contributed by atoms with Crippen LogP contribution in [-0.4, -0.2) is 27.6 Å². The Hall–Kier alpha value is -1.10. The Balaban J connectivity index is 2.21. The van der Waals surface area contributed by atoms with Crippen molar-refractivity contribution in [1.82, 2.24) is 15.0 Å². The molecule has 0 aromatic carbocycles. The normalized spacial score (nSPS) is 23.5. The maximum atomic E-state index is 10.8. The van der Waals surface area contributed by atoms with Gasteiger partial charge in [0.2, 0.25) is 0 Å². The van der Waals surface area contributed by atoms with Crippen molar-refractivity contribution in [3.63, 3.8) is 0 Å². The van der Waals surface area contributed by atoms with Crippen molar-refractivity contribution in [1.29, 1.82) is 0 Å². The van der Waals surface area contributed by atoms with Crippen LogP contribution in [0.15, 0.2) is 9.32 Å². The maximum absolute atomic E-state index is 10.8. The Morgan fingerprint density at radius 3 is 3.00 bits per heavy atom. The highest BCUT2D eigenvalue weighted by Gasteiger charge is 2.30. The molecule has 0 radical (unpaired) electrons. The first kappa shape index (κ1) is 9.45. The van der Waals surface area contributed by atoms with Gasteiger partial charge in [-0.3, -0.25) is 14.4 Å². The third-order valence-corrected chi connectivity index (χ3v) is 2.73. The van der Waals surface area contributed by atoms with E-state index < -0.39 is 5.76 Å². The molecule has 0 bridgehead atoms. The summed E-state index contributed by atoms with van der Waals surface area (Å²) in [5.41, 5.74) is 0. The largest absolute Gasteiger partial charge is 0.438 e. The van der Waals surface area contributed by atoms with Crippen LogP contribution in [0.3, 0.4) is 0 Å². The predicted octanol–water partition coefficient (Wildman–Crippen LogP) is 0.908. The molecule has 0 saturated carbocycles. The smallest absolute Gasteiger partial charge is 0.296 e. The average molecular weight is 197 g/mol. The van der Waals surface area contributed by atoms with Crippen molar-refractivity contribution < 1.29 is 4.52 Å². The second kappa shape index (κ2) is 3.57. The summed E-state index contributed by atoms with van der Waals surface area (Å²) in [7, 11) is 0. The number of rotatable bonds is 2. The van der Waals surface area contributed by atoms with Crippen molar-refractivity contribution >= 4 is 0 Å². The Morgan fingerprint density at radius 1 is 1.64 bits per heavy atom. The van der Waals surface area contributed by atoms with Crippen LogP contribution in [0, 0.1) is 0 Å². The van der Waals surface area contributed by atoms with Gasteiger partial charge in [-0.15, -0.1) is 0 Å². The predicted molar refractivity (Wildman–Crippen MR) is 50.9 cm³/mol. The summed E-state index contributed by atoms with van der Waals surface area (Å²) in [4.78, 5) is 15.8. The van der Waals surface area contributed by atoms with Crippen molar-refractivity contribution in [3.05, 3.63) is 16.4 Å². The molecule has 2 heterocycles. The number of H-pyrrole nitrogens is 1. The van der Waals surface area contributed by atoms with E-state index >= 15 is 0 Å². The van der Waals surface area contributed by atoms with Crippen molar-refractivity contribution in [2.45, 2.75) is 38.8 Å². The molecule has 0 aliphatic carbocycles. The zero-order valence-electron chi connectivity index (χ0n) is 8.49. The number of aromatic nitrogens is 2. The van der Waals surface area contributed by atoms with E-state index in [0.29, 0.717) is 11.9 Å². The molecule has 1 fully saturated rings. The van der Waals surface area contributed by atoms with Crippen LogP contribution in [-0.2, 0) is 0 Å². The van der Waals surface area contributed by atoms with Crippen molar-refractivity contribution in [2.24, 2.45) is 0 Å². The first-order valence-electron chi connectivity index (χ1n) is 5.00. The molecule has 2 rings (SSSR count). The van der Waals surface area contributed by atoms with E-state index in [-0.39, 0.29) is 6.04 Å². The topological polar surface area (TPSA) is 62.1 Å². The Labute approximate surface area is 82.1 Å². The van der Waals surface area contributed by atoms with Gasteiger partial charge in [0, 0.05) is 6.04 Å². The molecular formula is C9H15N3O2. The lowest BCUT2D eigenvalue weighted by Crippen LogP contribution is -2.30. The molecule has 1 aliphatic rings. The van der Waals surface area contributed by atoms with E-state index in [2.05, 4.69) is 33.4 Å². The third kappa shape index (κ3) is 1.59. The number of likely N-dealkylation sites (tertiary alicyclic amines) is 1. The summed E-state index contributed by atoms with van der Waals surface area (Å²) in [6, 6.07) is 0.698. The molecule has 0 spiro atoms. The van der Waals surface area contributed by atoms with E-state index in [4.69, 9.17) is 0 Å². The third-order valence-electron chi connectivity index (χ3n) is 2.73. The zero-order chi connectivity index (χ0) is 10.1. The minimum atomic E-state index is -0.462. The lowest BCUT2D eigenvalue weighted by molar-refractivity contribution is 0.195. The number of nitrogens with zero attached hydrogens (tertiary/aromatic N) is 2. The minimum absolute atomic E-state index is 0.224. The lowest BCUT2D eigenvalue weighted by atomic mass is 10.2. The molecule has 5 heteroatoms. The highest BCUT2D eigenvalue weighted by Crippen LogP contribution is 2.30. The molecule has 1 N–H and O–H groups in total. The van der Waals surface area contributed by atoms with Gasteiger partial charge >= 0.3 is 5.76 Å². The number of hydrogen-bond acceptors (Lipinski definition) is 4. The summed E-state index contributed by atoms with van der Waals surface area (Å²) in [5, 5.41) is 3.75. The summed E-state index contributed by atoms with van der Waals surface area (Å²) >= 11 is 0. The van der Waals surface area contributed by atoms with Gasteiger partial charge in [-0.2, -0.15) is 0 Å². The van der Waals surface area contributed by atoms with E-state index in [1.165, 1.54) is 0 Å². The van der Waals surface area contributed by atoms with Gasteiger partial charge in [-0.05, 0) is 33.2 Å². The van der Waals surface area contributed by atoms with Gasteiger partial charge in [0.05, 0.1) is 6.04 Å². The second-order valence-corrected chi connectivity index (χ2v) is 3.97. The zero-order valence-corrected chi connectivity index (χ0v) is 8.49. The first-order valence-corrected chi connectivity index (χ1v) is 5.00. The highest BCUT2D eigenvalue weighted by molar-refractivity contribution is 4.96. The molecule has 14 heavy (non-hydrogen) atoms. The average Bonchev–Trinajstić information content (AvgIpc) is 2.70. The van der Waals surface area contributed by atoms with E-state index in [9.17, 15) is 4.79 Å². The van der Waals surface area contributed by atoms with Gasteiger partial charge < -0.3 is 0 Å². The summed E-state index contributed by atoms with van der Waals surface area (Å²) in [6.07, 6.45) is 2.19.